The average Bonchev–Trinajstić information content (AvgIpc) is 2.97. The summed E-state index contributed by atoms with van der Waals surface area (Å²) in [5, 5.41) is 2.66. The molecule has 0 bridgehead atoms. The Hall–Kier alpha value is -5.14. The van der Waals surface area contributed by atoms with E-state index in [0.29, 0.717) is 42.9 Å². The molecule has 3 N–H and O–H groups in total. The van der Waals surface area contributed by atoms with E-state index in [0.717, 1.165) is 24.3 Å². The predicted molar refractivity (Wildman–Crippen MR) is 151 cm³/mol. The number of hydrogen-bond acceptors (Lipinski definition) is 7. The number of aromatic nitrogens is 4. The lowest BCUT2D eigenvalue weighted by Crippen LogP contribution is -2.48. The molecule has 1 aliphatic rings. The number of benzene rings is 2. The van der Waals surface area contributed by atoms with Gasteiger partial charge in [-0.1, -0.05) is 0 Å². The van der Waals surface area contributed by atoms with Crippen LogP contribution in [0.25, 0.3) is 22.5 Å². The van der Waals surface area contributed by atoms with Gasteiger partial charge in [0.15, 0.2) is 5.82 Å². The van der Waals surface area contributed by atoms with E-state index in [1.807, 2.05) is 0 Å². The maximum absolute atomic E-state index is 13.3. The topological polar surface area (TPSA) is 130 Å². The molecule has 4 aromatic rings. The van der Waals surface area contributed by atoms with Crippen LogP contribution in [-0.2, 0) is 4.79 Å². The van der Waals surface area contributed by atoms with Crippen molar-refractivity contribution in [2.75, 3.05) is 31.2 Å². The number of carbonyl (C=O) groups excluding carboxylic acids is 2. The van der Waals surface area contributed by atoms with Crippen molar-refractivity contribution in [1.82, 2.24) is 29.7 Å². The van der Waals surface area contributed by atoms with E-state index >= 15 is 0 Å². The second-order valence-electron chi connectivity index (χ2n) is 9.71. The molecule has 5 rings (SSSR count). The van der Waals surface area contributed by atoms with Crippen molar-refractivity contribution in [3.63, 3.8) is 0 Å². The van der Waals surface area contributed by atoms with Gasteiger partial charge in [0.25, 0.3) is 0 Å². The molecule has 0 spiro atoms. The molecule has 1 fully saturated rings. The lowest BCUT2D eigenvalue weighted by atomic mass is 10.0. The molecule has 3 heterocycles. The number of amides is 3. The van der Waals surface area contributed by atoms with Crippen molar-refractivity contribution in [2.24, 2.45) is 0 Å². The first-order valence-electron chi connectivity index (χ1n) is 13.1. The third-order valence-electron chi connectivity index (χ3n) is 6.65. The van der Waals surface area contributed by atoms with E-state index in [2.05, 4.69) is 25.3 Å². The highest BCUT2D eigenvalue weighted by Crippen LogP contribution is 2.21. The van der Waals surface area contributed by atoms with E-state index < -0.39 is 23.3 Å². The Morgan fingerprint density at radius 1 is 0.791 bits per heavy atom. The van der Waals surface area contributed by atoms with Crippen LogP contribution >= 0.6 is 0 Å². The van der Waals surface area contributed by atoms with Gasteiger partial charge < -0.3 is 15.5 Å². The largest absolute Gasteiger partial charge is 0.382 e. The fourth-order valence-corrected chi connectivity index (χ4v) is 4.36. The third kappa shape index (κ3) is 8.44. The van der Waals surface area contributed by atoms with E-state index in [4.69, 9.17) is 5.73 Å². The number of nitrogens with one attached hydrogen (secondary N) is 1. The predicted octanol–water partition coefficient (Wildman–Crippen LogP) is 4.90. The van der Waals surface area contributed by atoms with Gasteiger partial charge >= 0.3 is 6.03 Å². The Labute approximate surface area is 244 Å². The Bertz CT molecular complexity index is 1540. The summed E-state index contributed by atoms with van der Waals surface area (Å²) in [4.78, 5) is 43.1. The number of carbonyl (C=O) groups is 2. The molecular formula is C29H28F4N8O2. The number of piperidine rings is 1. The van der Waals surface area contributed by atoms with Crippen LogP contribution in [0.15, 0.2) is 61.2 Å². The van der Waals surface area contributed by atoms with Crippen LogP contribution in [0.4, 0.5) is 34.0 Å². The number of likely N-dealkylation sites (tertiary alicyclic amines) is 1. The first-order chi connectivity index (χ1) is 20.5. The van der Waals surface area contributed by atoms with Crippen molar-refractivity contribution < 1.29 is 27.2 Å². The smallest absolute Gasteiger partial charge is 0.323 e. The molecule has 14 heteroatoms. The molecule has 2 aromatic carbocycles. The molecule has 2 aromatic heterocycles. The molecule has 0 radical (unpaired) electrons. The standard InChI is InChI=1S/C19H21F2N5O2.C10H7F2N3/c1-12(27)26-5-3-16(4-6-26)25(2)19(28)24-18-11-22-17(10-23-18)13-7-14(20)9-15(21)8-13;11-7-1-6(2-8(12)3-7)9-4-15-10(13)5-14-9/h7-11,16H,3-6H2,1-2H3,(H,23,24,28);1-5H,(H2,13,15). The number of rotatable bonds is 4. The number of anilines is 2. The monoisotopic (exact) mass is 596 g/mol. The van der Waals surface area contributed by atoms with Gasteiger partial charge in [-0.2, -0.15) is 0 Å². The number of nitrogen functional groups attached to an aromatic ring is 1. The Kier molecular flexibility index (Phi) is 9.80. The number of hydrogen-bond donors (Lipinski definition) is 2. The lowest BCUT2D eigenvalue weighted by molar-refractivity contribution is -0.130. The van der Waals surface area contributed by atoms with Gasteiger partial charge in [-0.3, -0.25) is 20.1 Å². The van der Waals surface area contributed by atoms with E-state index in [1.165, 1.54) is 43.8 Å². The minimum atomic E-state index is -0.702. The van der Waals surface area contributed by atoms with Crippen LogP contribution in [0, 0.1) is 23.3 Å². The first-order valence-corrected chi connectivity index (χ1v) is 13.1. The number of urea groups is 1. The van der Waals surface area contributed by atoms with Gasteiger partial charge in [-0.25, -0.2) is 32.3 Å². The molecule has 224 valence electrons. The van der Waals surface area contributed by atoms with Gasteiger partial charge in [-0.05, 0) is 37.1 Å². The fourth-order valence-electron chi connectivity index (χ4n) is 4.36. The highest BCUT2D eigenvalue weighted by atomic mass is 19.1. The molecule has 0 unspecified atom stereocenters. The van der Waals surface area contributed by atoms with Gasteiger partial charge in [0.1, 0.15) is 29.1 Å². The third-order valence-corrected chi connectivity index (χ3v) is 6.65. The second kappa shape index (κ2) is 13.7. The van der Waals surface area contributed by atoms with Crippen LogP contribution < -0.4 is 11.1 Å². The number of nitrogens with zero attached hydrogens (tertiary/aromatic N) is 6. The van der Waals surface area contributed by atoms with Crippen LogP contribution in [0.2, 0.25) is 0 Å². The number of halogens is 4. The van der Waals surface area contributed by atoms with Crippen LogP contribution in [-0.4, -0.2) is 67.9 Å². The average molecular weight is 597 g/mol. The van der Waals surface area contributed by atoms with Crippen molar-refractivity contribution in [3.05, 3.63) is 84.5 Å². The van der Waals surface area contributed by atoms with Crippen LogP contribution in [0.3, 0.4) is 0 Å². The zero-order chi connectivity index (χ0) is 31.1. The van der Waals surface area contributed by atoms with Crippen molar-refractivity contribution in [2.45, 2.75) is 25.8 Å². The van der Waals surface area contributed by atoms with Gasteiger partial charge in [0, 0.05) is 56.4 Å². The van der Waals surface area contributed by atoms with Crippen LogP contribution in [0.1, 0.15) is 19.8 Å². The zero-order valence-electron chi connectivity index (χ0n) is 23.3. The summed E-state index contributed by atoms with van der Waals surface area (Å²) < 4.78 is 52.4. The highest BCUT2D eigenvalue weighted by Gasteiger charge is 2.26. The Morgan fingerprint density at radius 2 is 1.28 bits per heavy atom. The summed E-state index contributed by atoms with van der Waals surface area (Å²) in [6.45, 7) is 2.78. The molecule has 1 saturated heterocycles. The minimum absolute atomic E-state index is 0.0260. The molecule has 0 saturated carbocycles. The quantitative estimate of drug-likeness (QED) is 0.321. The van der Waals surface area contributed by atoms with E-state index in [9.17, 15) is 27.2 Å². The second-order valence-corrected chi connectivity index (χ2v) is 9.71. The van der Waals surface area contributed by atoms with Gasteiger partial charge in [-0.15, -0.1) is 0 Å². The molecule has 1 aliphatic heterocycles. The van der Waals surface area contributed by atoms with Gasteiger partial charge in [0.05, 0.1) is 36.2 Å². The highest BCUT2D eigenvalue weighted by molar-refractivity contribution is 5.88. The van der Waals surface area contributed by atoms with Crippen molar-refractivity contribution >= 4 is 23.6 Å². The SMILES string of the molecule is CC(=O)N1CCC(N(C)C(=O)Nc2cnc(-c3cc(F)cc(F)c3)cn2)CC1.Nc1cnc(-c2cc(F)cc(F)c2)cn1. The summed E-state index contributed by atoms with van der Waals surface area (Å²) >= 11 is 0. The molecule has 3 amide bonds. The molecular weight excluding hydrogens is 568 g/mol. The molecule has 0 aliphatic carbocycles. The van der Waals surface area contributed by atoms with Crippen molar-refractivity contribution in [1.29, 1.82) is 0 Å². The lowest BCUT2D eigenvalue weighted by Gasteiger charge is -2.36. The number of nitrogens with two attached hydrogens (primary N) is 1. The Balaban J connectivity index is 0.000000237. The van der Waals surface area contributed by atoms with Gasteiger partial charge in [0.2, 0.25) is 5.91 Å². The minimum Gasteiger partial charge on any atom is -0.382 e. The summed E-state index contributed by atoms with van der Waals surface area (Å²) in [6.07, 6.45) is 6.79. The zero-order valence-corrected chi connectivity index (χ0v) is 23.3. The summed E-state index contributed by atoms with van der Waals surface area (Å²) in [7, 11) is 1.70. The van der Waals surface area contributed by atoms with Crippen molar-refractivity contribution in [3.8, 4) is 22.5 Å². The summed E-state index contributed by atoms with van der Waals surface area (Å²) in [5.41, 5.74) is 6.61. The molecule has 43 heavy (non-hydrogen) atoms. The summed E-state index contributed by atoms with van der Waals surface area (Å²) in [5.74, 6) is -2.17. The maximum atomic E-state index is 13.3. The van der Waals surface area contributed by atoms with Crippen LogP contribution in [0.5, 0.6) is 0 Å². The van der Waals surface area contributed by atoms with E-state index in [-0.39, 0.29) is 35.2 Å². The van der Waals surface area contributed by atoms with E-state index in [1.54, 1.807) is 16.8 Å². The maximum Gasteiger partial charge on any atom is 0.323 e. The normalized spacial score (nSPS) is 13.1. The molecule has 10 nitrogen and oxygen atoms in total. The molecule has 0 atom stereocenters. The summed E-state index contributed by atoms with van der Waals surface area (Å²) in [6, 6.07) is 5.96. The Morgan fingerprint density at radius 3 is 1.70 bits per heavy atom. The first kappa shape index (κ1) is 30.8. The fraction of sp³-hybridized carbons (Fsp3) is 0.241.